The number of halogens is 3. The zero-order chi connectivity index (χ0) is 23.0. The Morgan fingerprint density at radius 3 is 2.42 bits per heavy atom. The summed E-state index contributed by atoms with van der Waals surface area (Å²) in [6, 6.07) is 9.99. The van der Waals surface area contributed by atoms with Crippen LogP contribution in [0.15, 0.2) is 40.9 Å². The van der Waals surface area contributed by atoms with Gasteiger partial charge in [-0.2, -0.15) is 0 Å². The van der Waals surface area contributed by atoms with Crippen molar-refractivity contribution in [3.63, 3.8) is 0 Å². The summed E-state index contributed by atoms with van der Waals surface area (Å²) in [5.41, 5.74) is 1.59. The highest BCUT2D eigenvalue weighted by molar-refractivity contribution is 9.10. The molecule has 5 nitrogen and oxygen atoms in total. The highest BCUT2D eigenvalue weighted by Crippen LogP contribution is 2.27. The topological polar surface area (TPSA) is 58.6 Å². The second-order valence-corrected chi connectivity index (χ2v) is 8.81. The molecule has 168 valence electrons. The second-order valence-electron chi connectivity index (χ2n) is 7.14. The van der Waals surface area contributed by atoms with E-state index in [1.807, 2.05) is 32.9 Å². The summed E-state index contributed by atoms with van der Waals surface area (Å²) >= 11 is 16.1. The molecule has 2 aromatic rings. The zero-order valence-electron chi connectivity index (χ0n) is 17.9. The lowest BCUT2D eigenvalue weighted by molar-refractivity contribution is -0.143. The highest BCUT2D eigenvalue weighted by atomic mass is 79.9. The van der Waals surface area contributed by atoms with Crippen molar-refractivity contribution in [1.82, 2.24) is 10.2 Å². The van der Waals surface area contributed by atoms with Gasteiger partial charge in [0.25, 0.3) is 5.91 Å². The van der Waals surface area contributed by atoms with Crippen molar-refractivity contribution in [1.29, 1.82) is 0 Å². The first kappa shape index (κ1) is 25.5. The minimum atomic E-state index is -0.665. The van der Waals surface area contributed by atoms with E-state index in [0.29, 0.717) is 34.3 Å². The van der Waals surface area contributed by atoms with Gasteiger partial charge in [0, 0.05) is 33.2 Å². The summed E-state index contributed by atoms with van der Waals surface area (Å²) in [6.45, 7) is 6.22. The van der Waals surface area contributed by atoms with Crippen LogP contribution in [0.5, 0.6) is 5.75 Å². The van der Waals surface area contributed by atoms with Crippen LogP contribution < -0.4 is 10.1 Å². The molecule has 0 fully saturated rings. The third kappa shape index (κ3) is 7.13. The Bertz CT molecular complexity index is 903. The summed E-state index contributed by atoms with van der Waals surface area (Å²) in [5, 5.41) is 3.76. The number of carbonyl (C=O) groups excluding carboxylic acids is 2. The third-order valence-electron chi connectivity index (χ3n) is 4.82. The molecular formula is C23H27BrCl2N2O3. The molecule has 0 aliphatic rings. The molecule has 31 heavy (non-hydrogen) atoms. The molecule has 0 radical (unpaired) electrons. The van der Waals surface area contributed by atoms with Gasteiger partial charge in [-0.1, -0.05) is 59.0 Å². The van der Waals surface area contributed by atoms with Gasteiger partial charge < -0.3 is 15.0 Å². The molecule has 0 saturated heterocycles. The van der Waals surface area contributed by atoms with E-state index < -0.39 is 6.04 Å². The van der Waals surface area contributed by atoms with Gasteiger partial charge in [0.15, 0.2) is 6.61 Å². The smallest absolute Gasteiger partial charge is 0.261 e. The predicted molar refractivity (Wildman–Crippen MR) is 129 cm³/mol. The number of aryl methyl sites for hydroxylation is 1. The molecule has 2 amide bonds. The van der Waals surface area contributed by atoms with Crippen molar-refractivity contribution in [3.8, 4) is 5.75 Å². The molecule has 8 heteroatoms. The predicted octanol–water partition coefficient (Wildman–Crippen LogP) is 5.78. The molecule has 0 aliphatic heterocycles. The molecule has 0 bridgehead atoms. The Morgan fingerprint density at radius 2 is 1.84 bits per heavy atom. The minimum Gasteiger partial charge on any atom is -0.484 e. The van der Waals surface area contributed by atoms with E-state index in [1.165, 1.54) is 4.90 Å². The van der Waals surface area contributed by atoms with Crippen molar-refractivity contribution in [2.75, 3.05) is 13.2 Å². The molecular weight excluding hydrogens is 503 g/mol. The minimum absolute atomic E-state index is 0.109. The maximum Gasteiger partial charge on any atom is 0.261 e. The SMILES string of the molecule is CCCNC(=O)C(CC)N(Cc1c(Cl)cccc1Cl)C(=O)COc1ccc(Br)c(C)c1. The highest BCUT2D eigenvalue weighted by Gasteiger charge is 2.29. The number of carbonyl (C=O) groups is 2. The fraction of sp³-hybridized carbons (Fsp3) is 0.391. The fourth-order valence-corrected chi connectivity index (χ4v) is 3.84. The normalized spacial score (nSPS) is 11.7. The first-order valence-corrected chi connectivity index (χ1v) is 11.7. The Hall–Kier alpha value is -1.76. The van der Waals surface area contributed by atoms with Gasteiger partial charge in [0.05, 0.1) is 0 Å². The quantitative estimate of drug-likeness (QED) is 0.424. The molecule has 1 unspecified atom stereocenters. The summed E-state index contributed by atoms with van der Waals surface area (Å²) in [4.78, 5) is 27.5. The van der Waals surface area contributed by atoms with E-state index >= 15 is 0 Å². The average molecular weight is 530 g/mol. The van der Waals surface area contributed by atoms with Crippen LogP contribution in [0.2, 0.25) is 10.0 Å². The zero-order valence-corrected chi connectivity index (χ0v) is 21.0. The van der Waals surface area contributed by atoms with Gasteiger partial charge in [-0.05, 0) is 55.7 Å². The van der Waals surface area contributed by atoms with E-state index in [1.54, 1.807) is 24.3 Å². The van der Waals surface area contributed by atoms with E-state index in [4.69, 9.17) is 27.9 Å². The molecule has 0 aliphatic carbocycles. The van der Waals surface area contributed by atoms with Crippen molar-refractivity contribution in [2.45, 2.75) is 46.2 Å². The maximum atomic E-state index is 13.2. The standard InChI is InChI=1S/C23H27BrCl2N2O3/c1-4-11-27-23(30)21(5-2)28(13-17-19(25)7-6-8-20(17)26)22(29)14-31-16-9-10-18(24)15(3)12-16/h6-10,12,21H,4-5,11,13-14H2,1-3H3,(H,27,30). The monoisotopic (exact) mass is 528 g/mol. The van der Waals surface area contributed by atoms with Crippen LogP contribution in [0.1, 0.15) is 37.8 Å². The Kier molecular flexibility index (Phi) is 10.1. The van der Waals surface area contributed by atoms with Crippen molar-refractivity contribution in [3.05, 3.63) is 62.0 Å². The van der Waals surface area contributed by atoms with E-state index in [2.05, 4.69) is 21.2 Å². The van der Waals surface area contributed by atoms with Crippen LogP contribution in [0.4, 0.5) is 0 Å². The molecule has 0 heterocycles. The summed E-state index contributed by atoms with van der Waals surface area (Å²) in [7, 11) is 0. The van der Waals surface area contributed by atoms with Crippen LogP contribution >= 0.6 is 39.1 Å². The number of hydrogen-bond donors (Lipinski definition) is 1. The number of amides is 2. The number of benzene rings is 2. The van der Waals surface area contributed by atoms with Gasteiger partial charge >= 0.3 is 0 Å². The lowest BCUT2D eigenvalue weighted by Crippen LogP contribution is -2.50. The largest absolute Gasteiger partial charge is 0.484 e. The van der Waals surface area contributed by atoms with Gasteiger partial charge in [0.2, 0.25) is 5.91 Å². The molecule has 0 aromatic heterocycles. The van der Waals surface area contributed by atoms with Gasteiger partial charge in [-0.3, -0.25) is 9.59 Å². The Labute approximate surface area is 202 Å². The van der Waals surface area contributed by atoms with Crippen LogP contribution in [0, 0.1) is 6.92 Å². The van der Waals surface area contributed by atoms with Gasteiger partial charge in [-0.15, -0.1) is 0 Å². The second kappa shape index (κ2) is 12.3. The van der Waals surface area contributed by atoms with Crippen LogP contribution in [0.3, 0.4) is 0 Å². The summed E-state index contributed by atoms with van der Waals surface area (Å²) in [5.74, 6) is 0.0451. The number of nitrogens with one attached hydrogen (secondary N) is 1. The van der Waals surface area contributed by atoms with Crippen molar-refractivity contribution in [2.24, 2.45) is 0 Å². The summed E-state index contributed by atoms with van der Waals surface area (Å²) in [6.07, 6.45) is 1.25. The maximum absolute atomic E-state index is 13.2. The number of ether oxygens (including phenoxy) is 1. The molecule has 0 spiro atoms. The molecule has 1 atom stereocenters. The number of hydrogen-bond acceptors (Lipinski definition) is 3. The third-order valence-corrected chi connectivity index (χ3v) is 6.41. The van der Waals surface area contributed by atoms with E-state index in [0.717, 1.165) is 16.5 Å². The Balaban J connectivity index is 2.27. The van der Waals surface area contributed by atoms with Crippen molar-refractivity contribution < 1.29 is 14.3 Å². The number of nitrogens with zero attached hydrogens (tertiary/aromatic N) is 1. The number of rotatable bonds is 10. The van der Waals surface area contributed by atoms with Gasteiger partial charge in [-0.25, -0.2) is 0 Å². The molecule has 2 aromatic carbocycles. The molecule has 1 N–H and O–H groups in total. The van der Waals surface area contributed by atoms with Crippen LogP contribution in [-0.4, -0.2) is 35.9 Å². The van der Waals surface area contributed by atoms with Gasteiger partial charge in [0.1, 0.15) is 11.8 Å². The summed E-state index contributed by atoms with van der Waals surface area (Å²) < 4.78 is 6.69. The van der Waals surface area contributed by atoms with Crippen molar-refractivity contribution >= 4 is 50.9 Å². The lowest BCUT2D eigenvalue weighted by Gasteiger charge is -2.31. The lowest BCUT2D eigenvalue weighted by atomic mass is 10.1. The van der Waals surface area contributed by atoms with E-state index in [9.17, 15) is 9.59 Å². The van der Waals surface area contributed by atoms with Crippen LogP contribution in [-0.2, 0) is 16.1 Å². The van der Waals surface area contributed by atoms with E-state index in [-0.39, 0.29) is 25.0 Å². The Morgan fingerprint density at radius 1 is 1.16 bits per heavy atom. The fourth-order valence-electron chi connectivity index (χ4n) is 3.07. The molecule has 0 saturated carbocycles. The molecule has 2 rings (SSSR count). The average Bonchev–Trinajstić information content (AvgIpc) is 2.74. The first-order valence-electron chi connectivity index (χ1n) is 10.2. The first-order chi connectivity index (χ1) is 14.8. The van der Waals surface area contributed by atoms with Crippen LogP contribution in [0.25, 0.3) is 0 Å².